The lowest BCUT2D eigenvalue weighted by atomic mass is 10.1. The van der Waals surface area contributed by atoms with Crippen molar-refractivity contribution in [3.8, 4) is 0 Å². The molecule has 60 valence electrons. The van der Waals surface area contributed by atoms with Crippen molar-refractivity contribution in [2.45, 2.75) is 25.8 Å². The third kappa shape index (κ3) is 1.70. The van der Waals surface area contributed by atoms with E-state index >= 15 is 0 Å². The monoisotopic (exact) mass is 144 g/mol. The number of nitrogens with zero attached hydrogens (tertiary/aromatic N) is 1. The molecule has 1 rings (SSSR count). The Morgan fingerprint density at radius 3 is 2.50 bits per heavy atom. The van der Waals surface area contributed by atoms with Crippen molar-refractivity contribution in [2.24, 2.45) is 5.73 Å². The Hall–Kier alpha value is -0.570. The number of likely N-dealkylation sites (tertiary alicyclic amines) is 1. The van der Waals surface area contributed by atoms with Crippen LogP contribution in [0.1, 0.15) is 21.2 Å². The Labute approximate surface area is 62.7 Å². The van der Waals surface area contributed by atoms with E-state index in [1.165, 1.54) is 0 Å². The Kier molecular flexibility index (Phi) is 2.27. The third-order valence-electron chi connectivity index (χ3n) is 1.98. The molecule has 3 nitrogen and oxygen atoms in total. The number of hydrogen-bond donors (Lipinski definition) is 1. The number of nitrogens with two attached hydrogens (primary N) is 1. The topological polar surface area (TPSA) is 46.3 Å². The molecule has 0 aliphatic carbocycles. The summed E-state index contributed by atoms with van der Waals surface area (Å²) >= 11 is 0. The summed E-state index contributed by atoms with van der Waals surface area (Å²) in [6, 6.07) is 0.315. The van der Waals surface area contributed by atoms with Crippen molar-refractivity contribution in [1.82, 2.24) is 4.90 Å². The zero-order valence-corrected chi connectivity index (χ0v) is 6.34. The van der Waals surface area contributed by atoms with Crippen LogP contribution < -0.4 is 5.73 Å². The van der Waals surface area contributed by atoms with Gasteiger partial charge in [-0.1, -0.05) is 0 Å². The summed E-state index contributed by atoms with van der Waals surface area (Å²) in [7, 11) is 0. The fourth-order valence-corrected chi connectivity index (χ4v) is 1.21. The van der Waals surface area contributed by atoms with Crippen LogP contribution in [0.4, 0.5) is 0 Å². The number of carbonyl (C=O) groups excluding carboxylic acids is 1. The maximum Gasteiger partial charge on any atom is 0.219 e. The zero-order valence-electron chi connectivity index (χ0n) is 6.34. The van der Waals surface area contributed by atoms with Gasteiger partial charge in [-0.3, -0.25) is 4.79 Å². The van der Waals surface area contributed by atoms with Gasteiger partial charge < -0.3 is 10.6 Å². The molecule has 3 heteroatoms. The van der Waals surface area contributed by atoms with Crippen LogP contribution in [0, 0.1) is 0 Å². The van der Waals surface area contributed by atoms with E-state index in [0.29, 0.717) is 6.04 Å². The molecule has 0 unspecified atom stereocenters. The second-order valence-electron chi connectivity index (χ2n) is 2.84. The lowest BCUT2D eigenvalue weighted by molar-refractivity contribution is -0.129. The van der Waals surface area contributed by atoms with E-state index < -0.39 is 0 Å². The molecule has 1 amide bonds. The highest BCUT2D eigenvalue weighted by Crippen LogP contribution is 2.07. The van der Waals surface area contributed by atoms with Gasteiger partial charge in [0.25, 0.3) is 0 Å². The van der Waals surface area contributed by atoms with Gasteiger partial charge in [0.2, 0.25) is 5.91 Å². The quantitative estimate of drug-likeness (QED) is 0.528. The average molecular weight is 144 g/mol. The van der Waals surface area contributed by atoms with Crippen molar-refractivity contribution < 1.29 is 6.22 Å². The first-order valence-electron chi connectivity index (χ1n) is 3.71. The molecule has 0 radical (unpaired) electrons. The van der Waals surface area contributed by atoms with E-state index in [9.17, 15) is 4.79 Å². The first kappa shape index (κ1) is 7.54. The van der Waals surface area contributed by atoms with E-state index in [1.54, 1.807) is 6.92 Å². The van der Waals surface area contributed by atoms with Gasteiger partial charge in [-0.25, -0.2) is 0 Å². The molecule has 10 heavy (non-hydrogen) atoms. The summed E-state index contributed by atoms with van der Waals surface area (Å²) < 4.78 is 0. The number of hydrogen-bond acceptors (Lipinski definition) is 2. The van der Waals surface area contributed by atoms with Gasteiger partial charge in [-0.15, -0.1) is 0 Å². The second-order valence-corrected chi connectivity index (χ2v) is 2.84. The Bertz CT molecular complexity index is 132. The highest BCUT2D eigenvalue weighted by Gasteiger charge is 2.16. The Morgan fingerprint density at radius 1 is 1.60 bits per heavy atom. The van der Waals surface area contributed by atoms with E-state index in [0.717, 1.165) is 25.9 Å². The fourth-order valence-electron chi connectivity index (χ4n) is 1.21. The molecule has 0 atom stereocenters. The van der Waals surface area contributed by atoms with Crippen molar-refractivity contribution in [2.75, 3.05) is 13.1 Å². The van der Waals surface area contributed by atoms with Gasteiger partial charge in [0.1, 0.15) is 0 Å². The number of rotatable bonds is 0. The lowest BCUT2D eigenvalue weighted by Crippen LogP contribution is -2.41. The van der Waals surface area contributed by atoms with Crippen LogP contribution in [0.15, 0.2) is 0 Å². The van der Waals surface area contributed by atoms with Gasteiger partial charge in [0, 0.05) is 27.5 Å². The van der Waals surface area contributed by atoms with Crippen LogP contribution in [0.25, 0.3) is 0 Å². The molecule has 1 aliphatic rings. The van der Waals surface area contributed by atoms with Crippen LogP contribution >= 0.6 is 0 Å². The predicted molar refractivity (Wildman–Crippen MR) is 41.6 cm³/mol. The largest absolute Gasteiger partial charge is 0.343 e. The van der Waals surface area contributed by atoms with Crippen LogP contribution in [0.5, 0.6) is 0 Å². The minimum atomic E-state index is 0. The van der Waals surface area contributed by atoms with Gasteiger partial charge in [0.15, 0.2) is 0 Å². The van der Waals surface area contributed by atoms with E-state index in [-0.39, 0.29) is 7.33 Å². The first-order chi connectivity index (χ1) is 4.70. The van der Waals surface area contributed by atoms with Gasteiger partial charge in [0.05, 0.1) is 0 Å². The molecule has 0 aromatic rings. The zero-order chi connectivity index (χ0) is 7.56. The summed E-state index contributed by atoms with van der Waals surface area (Å²) in [5.74, 6) is 0.173. The van der Waals surface area contributed by atoms with Crippen LogP contribution in [-0.4, -0.2) is 29.9 Å². The Balaban J connectivity index is 0.000001000. The van der Waals surface area contributed by atoms with Crippen molar-refractivity contribution >= 4 is 5.91 Å². The number of amides is 1. The fraction of sp³-hybridized carbons (Fsp3) is 0.857. The molecule has 0 spiro atoms. The van der Waals surface area contributed by atoms with E-state index in [1.807, 2.05) is 4.90 Å². The molecule has 0 bridgehead atoms. The smallest absolute Gasteiger partial charge is 0.219 e. The SMILES string of the molecule is CC(=O)N1CCC(N)CC1.[HH]. The lowest BCUT2D eigenvalue weighted by Gasteiger charge is -2.28. The molecule has 2 N–H and O–H groups in total. The predicted octanol–water partition coefficient (Wildman–Crippen LogP) is 0.202. The third-order valence-corrected chi connectivity index (χ3v) is 1.98. The van der Waals surface area contributed by atoms with E-state index in [2.05, 4.69) is 0 Å². The highest BCUT2D eigenvalue weighted by molar-refractivity contribution is 5.73. The molecule has 0 aromatic heterocycles. The molecule has 1 heterocycles. The normalized spacial score (nSPS) is 21.2. The molecule has 1 fully saturated rings. The maximum atomic E-state index is 10.8. The summed E-state index contributed by atoms with van der Waals surface area (Å²) in [6.07, 6.45) is 1.92. The molecular weight excluding hydrogens is 128 g/mol. The molecular formula is C7H16N2O. The van der Waals surface area contributed by atoms with Crippen molar-refractivity contribution in [3.63, 3.8) is 0 Å². The van der Waals surface area contributed by atoms with E-state index in [4.69, 9.17) is 5.73 Å². The van der Waals surface area contributed by atoms with Gasteiger partial charge >= 0.3 is 0 Å². The standard InChI is InChI=1S/C7H14N2O.H2/c1-6(10)9-4-2-7(8)3-5-9;/h7H,2-5,8H2,1H3;1H. The first-order valence-corrected chi connectivity index (χ1v) is 3.71. The second kappa shape index (κ2) is 3.01. The molecule has 1 aliphatic heterocycles. The number of piperidine rings is 1. The van der Waals surface area contributed by atoms with Crippen LogP contribution in [0.3, 0.4) is 0 Å². The molecule has 1 saturated heterocycles. The summed E-state index contributed by atoms with van der Waals surface area (Å²) in [5.41, 5.74) is 5.66. The number of carbonyl (C=O) groups is 1. The van der Waals surface area contributed by atoms with Crippen LogP contribution in [0.2, 0.25) is 0 Å². The van der Waals surface area contributed by atoms with Gasteiger partial charge in [-0.2, -0.15) is 0 Å². The maximum absolute atomic E-state index is 10.8. The highest BCUT2D eigenvalue weighted by atomic mass is 16.2. The van der Waals surface area contributed by atoms with Crippen molar-refractivity contribution in [3.05, 3.63) is 0 Å². The molecule has 0 saturated carbocycles. The summed E-state index contributed by atoms with van der Waals surface area (Å²) in [4.78, 5) is 12.6. The molecule has 0 aromatic carbocycles. The summed E-state index contributed by atoms with van der Waals surface area (Å²) in [5, 5.41) is 0. The summed E-state index contributed by atoms with van der Waals surface area (Å²) in [6.45, 7) is 3.30. The van der Waals surface area contributed by atoms with Crippen molar-refractivity contribution in [1.29, 1.82) is 0 Å². The van der Waals surface area contributed by atoms with Crippen LogP contribution in [-0.2, 0) is 4.79 Å². The van der Waals surface area contributed by atoms with Gasteiger partial charge in [-0.05, 0) is 12.8 Å². The average Bonchev–Trinajstić information content (AvgIpc) is 1.88. The minimum Gasteiger partial charge on any atom is -0.343 e. The Morgan fingerprint density at radius 2 is 2.10 bits per heavy atom. The minimum absolute atomic E-state index is 0.